The fraction of sp³-hybridized carbons (Fsp3) is 0.909. The lowest BCUT2D eigenvalue weighted by molar-refractivity contribution is -0.141. The van der Waals surface area contributed by atoms with Crippen LogP contribution in [0.1, 0.15) is 25.7 Å². The second-order valence-electron chi connectivity index (χ2n) is 4.44. The summed E-state index contributed by atoms with van der Waals surface area (Å²) in [5.74, 6) is 0. The van der Waals surface area contributed by atoms with Gasteiger partial charge in [-0.3, -0.25) is 0 Å². The quantitative estimate of drug-likeness (QED) is 0.848. The van der Waals surface area contributed by atoms with E-state index in [2.05, 4.69) is 0 Å². The van der Waals surface area contributed by atoms with E-state index in [1.807, 2.05) is 0 Å². The van der Waals surface area contributed by atoms with Crippen LogP contribution in [0.2, 0.25) is 0 Å². The molecule has 1 rings (SSSR count). The second kappa shape index (κ2) is 6.82. The SMILES string of the molecule is O=C(N1CCCCCC1)N(CCO)CC(F)(F)F. The van der Waals surface area contributed by atoms with Gasteiger partial charge in [0.25, 0.3) is 0 Å². The largest absolute Gasteiger partial charge is 0.406 e. The molecule has 0 aromatic rings. The van der Waals surface area contributed by atoms with E-state index in [4.69, 9.17) is 5.11 Å². The number of aliphatic hydroxyl groups is 1. The molecule has 1 heterocycles. The molecule has 2 amide bonds. The van der Waals surface area contributed by atoms with Gasteiger partial charge in [-0.15, -0.1) is 0 Å². The van der Waals surface area contributed by atoms with Crippen molar-refractivity contribution in [2.45, 2.75) is 31.9 Å². The fourth-order valence-electron chi connectivity index (χ4n) is 2.04. The van der Waals surface area contributed by atoms with E-state index >= 15 is 0 Å². The Balaban J connectivity index is 2.62. The Morgan fingerprint density at radius 2 is 1.72 bits per heavy atom. The topological polar surface area (TPSA) is 43.8 Å². The summed E-state index contributed by atoms with van der Waals surface area (Å²) < 4.78 is 37.0. The molecule has 0 radical (unpaired) electrons. The van der Waals surface area contributed by atoms with Gasteiger partial charge in [0, 0.05) is 19.6 Å². The maximum absolute atomic E-state index is 12.3. The highest BCUT2D eigenvalue weighted by molar-refractivity contribution is 5.74. The molecule has 106 valence electrons. The summed E-state index contributed by atoms with van der Waals surface area (Å²) in [6.45, 7) is -1.05. The second-order valence-corrected chi connectivity index (χ2v) is 4.44. The van der Waals surface area contributed by atoms with Crippen LogP contribution in [-0.2, 0) is 0 Å². The number of nitrogens with zero attached hydrogens (tertiary/aromatic N) is 2. The van der Waals surface area contributed by atoms with Gasteiger partial charge in [-0.25, -0.2) is 4.79 Å². The van der Waals surface area contributed by atoms with E-state index in [0.717, 1.165) is 25.7 Å². The maximum atomic E-state index is 12.3. The van der Waals surface area contributed by atoms with Crippen molar-refractivity contribution in [3.05, 3.63) is 0 Å². The molecular formula is C11H19F3N2O2. The van der Waals surface area contributed by atoms with Gasteiger partial charge in [-0.05, 0) is 12.8 Å². The van der Waals surface area contributed by atoms with Gasteiger partial charge >= 0.3 is 12.2 Å². The van der Waals surface area contributed by atoms with Gasteiger partial charge in [0.2, 0.25) is 0 Å². The highest BCUT2D eigenvalue weighted by Gasteiger charge is 2.34. The van der Waals surface area contributed by atoms with Crippen LogP contribution in [0.4, 0.5) is 18.0 Å². The minimum Gasteiger partial charge on any atom is -0.395 e. The minimum absolute atomic E-state index is 0.283. The molecule has 4 nitrogen and oxygen atoms in total. The van der Waals surface area contributed by atoms with Crippen LogP contribution >= 0.6 is 0 Å². The van der Waals surface area contributed by atoms with E-state index in [-0.39, 0.29) is 6.54 Å². The lowest BCUT2D eigenvalue weighted by Crippen LogP contribution is -2.48. The predicted octanol–water partition coefficient (Wildman–Crippen LogP) is 1.84. The zero-order chi connectivity index (χ0) is 13.6. The number of carbonyl (C=O) groups is 1. The smallest absolute Gasteiger partial charge is 0.395 e. The Morgan fingerprint density at radius 3 is 2.17 bits per heavy atom. The summed E-state index contributed by atoms with van der Waals surface area (Å²) in [5.41, 5.74) is 0. The summed E-state index contributed by atoms with van der Waals surface area (Å²) in [6.07, 6.45) is -0.780. The zero-order valence-corrected chi connectivity index (χ0v) is 10.2. The monoisotopic (exact) mass is 268 g/mol. The standard InChI is InChI=1S/C11H19F3N2O2/c12-11(13,14)9-16(7-8-17)10(18)15-5-3-1-2-4-6-15/h17H,1-9H2. The van der Waals surface area contributed by atoms with Crippen molar-refractivity contribution in [1.82, 2.24) is 9.80 Å². The number of aliphatic hydroxyl groups excluding tert-OH is 1. The minimum atomic E-state index is -4.43. The van der Waals surface area contributed by atoms with Gasteiger partial charge in [0.15, 0.2) is 0 Å². The van der Waals surface area contributed by atoms with E-state index in [9.17, 15) is 18.0 Å². The third-order valence-corrected chi connectivity index (χ3v) is 2.89. The van der Waals surface area contributed by atoms with Crippen LogP contribution in [0, 0.1) is 0 Å². The highest BCUT2D eigenvalue weighted by atomic mass is 19.4. The molecule has 0 bridgehead atoms. The van der Waals surface area contributed by atoms with Gasteiger partial charge in [0.05, 0.1) is 6.61 Å². The van der Waals surface area contributed by atoms with Gasteiger partial charge in [0.1, 0.15) is 6.54 Å². The fourth-order valence-corrected chi connectivity index (χ4v) is 2.04. The molecule has 0 atom stereocenters. The van der Waals surface area contributed by atoms with Crippen molar-refractivity contribution in [1.29, 1.82) is 0 Å². The van der Waals surface area contributed by atoms with Crippen LogP contribution in [0.3, 0.4) is 0 Å². The van der Waals surface area contributed by atoms with Crippen molar-refractivity contribution >= 4 is 6.03 Å². The molecule has 18 heavy (non-hydrogen) atoms. The van der Waals surface area contributed by atoms with Gasteiger partial charge in [-0.1, -0.05) is 12.8 Å². The van der Waals surface area contributed by atoms with E-state index in [1.54, 1.807) is 0 Å². The number of rotatable bonds is 3. The van der Waals surface area contributed by atoms with Crippen LogP contribution in [0.5, 0.6) is 0 Å². The van der Waals surface area contributed by atoms with E-state index in [1.165, 1.54) is 4.90 Å². The summed E-state index contributed by atoms with van der Waals surface area (Å²) in [6, 6.07) is -0.622. The van der Waals surface area contributed by atoms with Crippen LogP contribution in [0.15, 0.2) is 0 Å². The number of carbonyl (C=O) groups excluding carboxylic acids is 1. The Labute approximate surface area is 104 Å². The number of urea groups is 1. The third-order valence-electron chi connectivity index (χ3n) is 2.89. The van der Waals surface area contributed by atoms with Gasteiger partial charge < -0.3 is 14.9 Å². The number of hydrogen-bond acceptors (Lipinski definition) is 2. The van der Waals surface area contributed by atoms with Crippen molar-refractivity contribution in [2.75, 3.05) is 32.8 Å². The van der Waals surface area contributed by atoms with Crippen LogP contribution < -0.4 is 0 Å². The first-order valence-electron chi connectivity index (χ1n) is 6.15. The van der Waals surface area contributed by atoms with E-state index in [0.29, 0.717) is 18.0 Å². The molecule has 0 spiro atoms. The number of hydrogen-bond donors (Lipinski definition) is 1. The number of amides is 2. The van der Waals surface area contributed by atoms with Crippen molar-refractivity contribution < 1.29 is 23.1 Å². The summed E-state index contributed by atoms with van der Waals surface area (Å²) >= 11 is 0. The zero-order valence-electron chi connectivity index (χ0n) is 10.2. The lowest BCUT2D eigenvalue weighted by Gasteiger charge is -2.30. The number of halogens is 3. The van der Waals surface area contributed by atoms with Crippen molar-refractivity contribution in [2.24, 2.45) is 0 Å². The average molecular weight is 268 g/mol. The Kier molecular flexibility index (Phi) is 5.71. The number of alkyl halides is 3. The first kappa shape index (κ1) is 15.1. The maximum Gasteiger partial charge on any atom is 0.406 e. The summed E-state index contributed by atoms with van der Waals surface area (Å²) in [5, 5.41) is 8.76. The molecule has 1 fully saturated rings. The first-order valence-corrected chi connectivity index (χ1v) is 6.15. The van der Waals surface area contributed by atoms with Crippen molar-refractivity contribution in [3.63, 3.8) is 0 Å². The predicted molar refractivity (Wildman–Crippen MR) is 60.2 cm³/mol. The molecule has 0 unspecified atom stereocenters. The molecule has 0 aromatic heterocycles. The Morgan fingerprint density at radius 1 is 1.17 bits per heavy atom. The van der Waals surface area contributed by atoms with Gasteiger partial charge in [-0.2, -0.15) is 13.2 Å². The molecular weight excluding hydrogens is 249 g/mol. The molecule has 1 aliphatic heterocycles. The Bertz CT molecular complexity index is 264. The van der Waals surface area contributed by atoms with E-state index < -0.39 is 25.4 Å². The summed E-state index contributed by atoms with van der Waals surface area (Å²) in [7, 11) is 0. The normalized spacial score (nSPS) is 17.4. The Hall–Kier alpha value is -0.980. The average Bonchev–Trinajstić information content (AvgIpc) is 2.54. The van der Waals surface area contributed by atoms with Crippen LogP contribution in [0.25, 0.3) is 0 Å². The third kappa shape index (κ3) is 5.12. The number of likely N-dealkylation sites (tertiary alicyclic amines) is 1. The molecule has 7 heteroatoms. The molecule has 0 saturated carbocycles. The first-order chi connectivity index (χ1) is 8.44. The summed E-state index contributed by atoms with van der Waals surface area (Å²) in [4.78, 5) is 14.1. The molecule has 0 aromatic carbocycles. The molecule has 1 N–H and O–H groups in total. The lowest BCUT2D eigenvalue weighted by atomic mass is 10.2. The van der Waals surface area contributed by atoms with Crippen LogP contribution in [-0.4, -0.2) is 59.9 Å². The highest BCUT2D eigenvalue weighted by Crippen LogP contribution is 2.18. The van der Waals surface area contributed by atoms with Crippen molar-refractivity contribution in [3.8, 4) is 0 Å². The molecule has 0 aliphatic carbocycles. The molecule has 1 saturated heterocycles. The molecule has 1 aliphatic rings.